The minimum absolute atomic E-state index is 0.0394. The summed E-state index contributed by atoms with van der Waals surface area (Å²) < 4.78 is -1.47. The number of halogens is 8. The van der Waals surface area contributed by atoms with E-state index in [1.807, 2.05) is 0 Å². The summed E-state index contributed by atoms with van der Waals surface area (Å²) in [7, 11) is 0. The molecule has 0 aliphatic heterocycles. The molecule has 74 valence electrons. The van der Waals surface area contributed by atoms with Crippen LogP contribution in [0.2, 0.25) is 0 Å². The summed E-state index contributed by atoms with van der Waals surface area (Å²) in [4.78, 5) is 0. The molecule has 0 spiro atoms. The van der Waals surface area contributed by atoms with Crippen LogP contribution < -0.4 is 0 Å². The van der Waals surface area contributed by atoms with Crippen LogP contribution in [-0.4, -0.2) is 9.67 Å². The lowest BCUT2D eigenvalue weighted by Crippen LogP contribution is -2.01. The van der Waals surface area contributed by atoms with Gasteiger partial charge >= 0.3 is 0 Å². The first kappa shape index (κ1) is 16.5. The van der Waals surface area contributed by atoms with Crippen molar-refractivity contribution in [2.24, 2.45) is 0 Å². The maximum atomic E-state index is 5.12. The molecule has 0 bridgehead atoms. The Bertz CT molecular complexity index is 126. The molecule has 0 heterocycles. The monoisotopic (exact) mass is 330 g/mol. The molecule has 8 heteroatoms. The molecule has 0 aliphatic carbocycles. The largest absolute Gasteiger partial charge is 0.203 e. The Morgan fingerprint density at radius 2 is 1.00 bits per heavy atom. The van der Waals surface area contributed by atoms with Crippen molar-refractivity contribution in [2.45, 2.75) is 3.79 Å². The van der Waals surface area contributed by atoms with Crippen LogP contribution in [0.5, 0.6) is 0 Å². The summed E-state index contributed by atoms with van der Waals surface area (Å²) in [6.45, 7) is 0. The molecule has 0 nitrogen and oxygen atoms in total. The second-order valence-corrected chi connectivity index (χ2v) is 5.95. The van der Waals surface area contributed by atoms with Gasteiger partial charge in [0.1, 0.15) is 8.98 Å². The molecule has 0 saturated carbocycles. The van der Waals surface area contributed by atoms with Gasteiger partial charge < -0.3 is 0 Å². The Hall–Kier alpha value is 2.06. The lowest BCUT2D eigenvalue weighted by atomic mass is 10.9. The van der Waals surface area contributed by atoms with Crippen LogP contribution >= 0.6 is 92.8 Å². The highest BCUT2D eigenvalue weighted by molar-refractivity contribution is 6.69. The fourth-order valence-electron chi connectivity index (χ4n) is 0. The predicted octanol–water partition coefficient (Wildman–Crippen LogP) is 5.66. The van der Waals surface area contributed by atoms with E-state index in [2.05, 4.69) is 0 Å². The van der Waals surface area contributed by atoms with Gasteiger partial charge in [-0.1, -0.05) is 81.2 Å². The Morgan fingerprint density at radius 3 is 1.00 bits per heavy atom. The van der Waals surface area contributed by atoms with E-state index < -0.39 is 3.79 Å². The third kappa shape index (κ3) is 18.0. The molecular weight excluding hydrogens is 332 g/mol. The van der Waals surface area contributed by atoms with Crippen LogP contribution in [0, 0.1) is 0 Å². The van der Waals surface area contributed by atoms with Crippen molar-refractivity contribution >= 4 is 92.8 Å². The third-order valence-corrected chi connectivity index (χ3v) is 2.65. The lowest BCUT2D eigenvalue weighted by Gasteiger charge is -2.00. The van der Waals surface area contributed by atoms with Crippen LogP contribution in [0.15, 0.2) is 8.98 Å². The van der Waals surface area contributed by atoms with Gasteiger partial charge in [-0.2, -0.15) is 0 Å². The lowest BCUT2D eigenvalue weighted by molar-refractivity contribution is 1.28. The molecule has 0 aromatic rings. The number of alkyl halides is 4. The number of hydrogen-bond donors (Lipinski definition) is 0. The van der Waals surface area contributed by atoms with Crippen molar-refractivity contribution in [1.29, 1.82) is 0 Å². The highest BCUT2D eigenvalue weighted by Crippen LogP contribution is 2.26. The van der Waals surface area contributed by atoms with Crippen LogP contribution in [0.4, 0.5) is 0 Å². The first-order chi connectivity index (χ1) is 5.20. The predicted molar refractivity (Wildman–Crippen MR) is 61.4 cm³/mol. The van der Waals surface area contributed by atoms with Crippen LogP contribution in [0.1, 0.15) is 0 Å². The SMILES string of the molecule is ClC(Cl)=C(Cl)Cl.ClCC(Cl)(Cl)Cl. The minimum Gasteiger partial charge on any atom is -0.122 e. The van der Waals surface area contributed by atoms with Gasteiger partial charge in [0.2, 0.25) is 3.79 Å². The summed E-state index contributed by atoms with van der Waals surface area (Å²) >= 11 is 40.4. The van der Waals surface area contributed by atoms with Crippen molar-refractivity contribution in [1.82, 2.24) is 0 Å². The topological polar surface area (TPSA) is 0 Å². The smallest absolute Gasteiger partial charge is 0.122 e. The number of hydrogen-bond acceptors (Lipinski definition) is 0. The minimum atomic E-state index is -1.28. The van der Waals surface area contributed by atoms with E-state index in [-0.39, 0.29) is 14.9 Å². The molecule has 0 atom stereocenters. The zero-order valence-electron chi connectivity index (χ0n) is 5.23. The van der Waals surface area contributed by atoms with Gasteiger partial charge in [0.05, 0.1) is 5.88 Å². The maximum Gasteiger partial charge on any atom is 0.203 e. The normalized spacial score (nSPS) is 10.0. The first-order valence-electron chi connectivity index (χ1n) is 2.19. The molecule has 0 amide bonds. The zero-order chi connectivity index (χ0) is 10.4. The molecule has 0 radical (unpaired) electrons. The average molecular weight is 334 g/mol. The van der Waals surface area contributed by atoms with Gasteiger partial charge in [-0.15, -0.1) is 11.6 Å². The van der Waals surface area contributed by atoms with Gasteiger partial charge in [-0.3, -0.25) is 0 Å². The highest BCUT2D eigenvalue weighted by atomic mass is 35.6. The molecule has 0 N–H and O–H groups in total. The summed E-state index contributed by atoms with van der Waals surface area (Å²) in [6, 6.07) is 0. The van der Waals surface area contributed by atoms with E-state index >= 15 is 0 Å². The molecule has 0 aliphatic rings. The van der Waals surface area contributed by atoms with Gasteiger partial charge in [0, 0.05) is 0 Å². The molecule has 12 heavy (non-hydrogen) atoms. The Balaban J connectivity index is 0. The molecule has 0 rings (SSSR count). The fourth-order valence-corrected chi connectivity index (χ4v) is 0. The summed E-state index contributed by atoms with van der Waals surface area (Å²) in [6.07, 6.45) is 0. The van der Waals surface area contributed by atoms with Crippen molar-refractivity contribution in [3.05, 3.63) is 8.98 Å². The quantitative estimate of drug-likeness (QED) is 0.501. The van der Waals surface area contributed by atoms with Crippen molar-refractivity contribution in [2.75, 3.05) is 5.88 Å². The second kappa shape index (κ2) is 8.38. The Morgan fingerprint density at radius 1 is 0.833 bits per heavy atom. The van der Waals surface area contributed by atoms with E-state index in [1.165, 1.54) is 0 Å². The second-order valence-electron chi connectivity index (χ2n) is 1.27. The van der Waals surface area contributed by atoms with Crippen LogP contribution in [0.25, 0.3) is 0 Å². The molecular formula is C4H2Cl8. The first-order valence-corrected chi connectivity index (χ1v) is 5.37. The Labute approximate surface area is 111 Å². The molecule has 0 saturated heterocycles. The summed E-state index contributed by atoms with van der Waals surface area (Å²) in [5.74, 6) is 0.0394. The van der Waals surface area contributed by atoms with E-state index in [4.69, 9.17) is 92.8 Å². The summed E-state index contributed by atoms with van der Waals surface area (Å²) in [5, 5.41) is 0. The van der Waals surface area contributed by atoms with Crippen molar-refractivity contribution in [3.63, 3.8) is 0 Å². The van der Waals surface area contributed by atoms with E-state index in [1.54, 1.807) is 0 Å². The molecule has 0 aromatic carbocycles. The van der Waals surface area contributed by atoms with Crippen LogP contribution in [0.3, 0.4) is 0 Å². The standard InChI is InChI=1S/C2H2Cl4.C2Cl4/c3-1-2(4,5)6;3-1(4)2(5)6/h1H2;. The molecule has 0 unspecified atom stereocenters. The van der Waals surface area contributed by atoms with E-state index in [0.29, 0.717) is 0 Å². The third-order valence-electron chi connectivity index (χ3n) is 0.294. The van der Waals surface area contributed by atoms with Gasteiger partial charge in [-0.05, 0) is 0 Å². The van der Waals surface area contributed by atoms with Gasteiger partial charge in [0.25, 0.3) is 0 Å². The van der Waals surface area contributed by atoms with Crippen molar-refractivity contribution < 1.29 is 0 Å². The number of rotatable bonds is 0. The van der Waals surface area contributed by atoms with E-state index in [9.17, 15) is 0 Å². The van der Waals surface area contributed by atoms with Crippen LogP contribution in [-0.2, 0) is 0 Å². The van der Waals surface area contributed by atoms with E-state index in [0.717, 1.165) is 0 Å². The highest BCUT2D eigenvalue weighted by Gasteiger charge is 2.16. The van der Waals surface area contributed by atoms with Gasteiger partial charge in [0.15, 0.2) is 0 Å². The maximum absolute atomic E-state index is 5.12. The average Bonchev–Trinajstić information content (AvgIpc) is 1.87. The molecule has 0 fully saturated rings. The molecule has 0 aromatic heterocycles. The zero-order valence-corrected chi connectivity index (χ0v) is 11.3. The fraction of sp³-hybridized carbons (Fsp3) is 0.500. The Kier molecular flexibility index (Phi) is 11.5. The van der Waals surface area contributed by atoms with Crippen molar-refractivity contribution in [3.8, 4) is 0 Å². The summed E-state index contributed by atoms with van der Waals surface area (Å²) in [5.41, 5.74) is 0. The van der Waals surface area contributed by atoms with Gasteiger partial charge in [-0.25, -0.2) is 0 Å².